The van der Waals surface area contributed by atoms with Crippen molar-refractivity contribution < 1.29 is 50.6 Å². The summed E-state index contributed by atoms with van der Waals surface area (Å²) in [7, 11) is 0. The van der Waals surface area contributed by atoms with E-state index in [2.05, 4.69) is 33.2 Å². The molecule has 0 atom stereocenters. The number of hydrogen-bond acceptors (Lipinski definition) is 5. The fourth-order valence-corrected chi connectivity index (χ4v) is 8.67. The van der Waals surface area contributed by atoms with Gasteiger partial charge in [-0.25, -0.2) is 0 Å². The van der Waals surface area contributed by atoms with Crippen LogP contribution in [-0.4, -0.2) is 15.0 Å². The predicted octanol–water partition coefficient (Wildman–Crippen LogP) is 15.6. The van der Waals surface area contributed by atoms with E-state index >= 15 is 0 Å². The molecule has 9 aromatic rings. The van der Waals surface area contributed by atoms with Crippen molar-refractivity contribution >= 4 is 21.9 Å². The molecule has 350 valence electrons. The van der Waals surface area contributed by atoms with Gasteiger partial charge in [-0.2, -0.15) is 5.26 Å². The van der Waals surface area contributed by atoms with Gasteiger partial charge in [-0.1, -0.05) is 94.0 Å². The maximum Gasteiger partial charge on any atom is 3.00 e. The van der Waals surface area contributed by atoms with Crippen LogP contribution in [0.5, 0.6) is 0 Å². The van der Waals surface area contributed by atoms with Gasteiger partial charge in [0.15, 0.2) is 0 Å². The van der Waals surface area contributed by atoms with Crippen LogP contribution in [0.25, 0.3) is 55.7 Å². The van der Waals surface area contributed by atoms with Gasteiger partial charge in [0.05, 0.1) is 18.6 Å². The number of aryl methyl sites for hydroxylation is 7. The first-order valence-corrected chi connectivity index (χ1v) is 22.8. The number of nitriles is 1. The number of furan rings is 1. The van der Waals surface area contributed by atoms with Crippen LogP contribution in [0.15, 0.2) is 132 Å². The van der Waals surface area contributed by atoms with Crippen LogP contribution in [-0.2, 0) is 58.3 Å². The molecule has 4 aromatic heterocycles. The second-order valence-corrected chi connectivity index (χ2v) is 17.3. The van der Waals surface area contributed by atoms with Crippen LogP contribution >= 0.6 is 0 Å². The average Bonchev–Trinajstić information content (AvgIpc) is 1.55. The Bertz CT molecular complexity index is 4090. The molecule has 10 rings (SSSR count). The van der Waals surface area contributed by atoms with Crippen molar-refractivity contribution in [3.8, 4) is 39.8 Å². The number of rotatable bonds is 15. The second kappa shape index (κ2) is 21.6. The smallest absolute Gasteiger partial charge is 0.500 e. The molecule has 0 aliphatic heterocycles. The maximum absolute atomic E-state index is 10.0. The molecule has 1 saturated carbocycles. The van der Waals surface area contributed by atoms with Gasteiger partial charge in [-0.3, -0.25) is 0 Å². The van der Waals surface area contributed by atoms with Gasteiger partial charge in [0.2, 0.25) is 0 Å². The van der Waals surface area contributed by atoms with E-state index in [-0.39, 0.29) is 94.6 Å². The average molecular weight is 1110 g/mol. The van der Waals surface area contributed by atoms with Crippen LogP contribution in [0, 0.1) is 36.4 Å². The van der Waals surface area contributed by atoms with Crippen molar-refractivity contribution in [1.82, 2.24) is 15.0 Å². The van der Waals surface area contributed by atoms with Gasteiger partial charge in [0, 0.05) is 54.2 Å². The minimum absolute atomic E-state index is 0. The van der Waals surface area contributed by atoms with E-state index in [0.29, 0.717) is 40.7 Å². The molecule has 0 bridgehead atoms. The molecule has 0 unspecified atom stereocenters. The zero-order valence-electron chi connectivity index (χ0n) is 57.9. The van der Waals surface area contributed by atoms with E-state index in [1.165, 1.54) is 58.0 Å². The molecule has 0 N–H and O–H groups in total. The summed E-state index contributed by atoms with van der Waals surface area (Å²) < 4.78 is 187. The SMILES string of the molecule is [2H]c1cc2c(oc3c(-c4cc(C5([2H])CCCC5)c(C([2H])([2H])C([2H])([2H])c5cc(C([2H])([2H])C([2H])([2H])c6cnc(-c7[c-]cccc7)cc6C([2H])(C)C)cc(C([2H])([2H])C([2H])([2H])c6cnc(-c7[c-]cccc7)cc6C([2H])(C)C)c5)cn4)[c-]ccc32)c(C([2H])([2H])[2H])c1C#N.[Ir+3]. The molecular weight excluding hydrogens is 1030 g/mol. The van der Waals surface area contributed by atoms with E-state index in [1.807, 2.05) is 6.07 Å². The number of pyridine rings is 3. The largest absolute Gasteiger partial charge is 3.00 e. The number of hydrogen-bond donors (Lipinski definition) is 0. The van der Waals surface area contributed by atoms with Crippen molar-refractivity contribution in [2.45, 2.75) is 116 Å². The summed E-state index contributed by atoms with van der Waals surface area (Å²) in [6, 6.07) is 35.6. The summed E-state index contributed by atoms with van der Waals surface area (Å²) in [4.78, 5) is 13.6. The first-order valence-electron chi connectivity index (χ1n) is 32.3. The summed E-state index contributed by atoms with van der Waals surface area (Å²) in [6.07, 6.45) is -15.1. The first-order chi connectivity index (χ1) is 40.8. The predicted molar refractivity (Wildman–Crippen MR) is 280 cm³/mol. The van der Waals surface area contributed by atoms with Gasteiger partial charge in [-0.15, -0.1) is 90.0 Å². The van der Waals surface area contributed by atoms with Crippen molar-refractivity contribution in [3.05, 3.63) is 207 Å². The van der Waals surface area contributed by atoms with Crippen LogP contribution in [0.3, 0.4) is 0 Å². The Morgan fingerprint density at radius 1 is 0.686 bits per heavy atom. The summed E-state index contributed by atoms with van der Waals surface area (Å²) in [6.45, 7) is 3.03. The van der Waals surface area contributed by atoms with E-state index in [9.17, 15) is 25.8 Å². The van der Waals surface area contributed by atoms with Crippen molar-refractivity contribution in [2.75, 3.05) is 0 Å². The van der Waals surface area contributed by atoms with Crippen LogP contribution < -0.4 is 0 Å². The second-order valence-electron chi connectivity index (χ2n) is 17.3. The summed E-state index contributed by atoms with van der Waals surface area (Å²) in [5, 5.41) is 10.5. The molecule has 0 amide bonds. The summed E-state index contributed by atoms with van der Waals surface area (Å²) in [5.74, 6) is -4.79. The first kappa shape index (κ1) is 30.3. The molecule has 1 aliphatic rings. The van der Waals surface area contributed by atoms with Gasteiger partial charge in [0.25, 0.3) is 0 Å². The maximum atomic E-state index is 10.0. The number of nitrogens with zero attached hydrogens (tertiary/aromatic N) is 4. The van der Waals surface area contributed by atoms with Crippen molar-refractivity contribution in [2.24, 2.45) is 0 Å². The summed E-state index contributed by atoms with van der Waals surface area (Å²) in [5.41, 5.74) is -2.71. The van der Waals surface area contributed by atoms with Crippen molar-refractivity contribution in [1.29, 1.82) is 5.26 Å². The number of fused-ring (bicyclic) bond motifs is 3. The molecule has 1 fully saturated rings. The van der Waals surface area contributed by atoms with E-state index in [4.69, 9.17) is 9.90 Å². The Balaban J connectivity index is 0.00000941. The third-order valence-electron chi connectivity index (χ3n) is 12.2. The summed E-state index contributed by atoms with van der Waals surface area (Å²) >= 11 is 0. The van der Waals surface area contributed by atoms with Gasteiger partial charge in [-0.05, 0) is 149 Å². The molecule has 0 radical (unpaired) electrons. The minimum Gasteiger partial charge on any atom is -0.500 e. The Labute approximate surface area is 454 Å². The molecular formula is C64H59IrN4O. The fourth-order valence-electron chi connectivity index (χ4n) is 8.67. The molecule has 70 heavy (non-hydrogen) atoms. The number of aromatic nitrogens is 3. The molecule has 1 aliphatic carbocycles. The van der Waals surface area contributed by atoms with E-state index < -0.39 is 96.2 Å². The third-order valence-corrected chi connectivity index (χ3v) is 12.2. The van der Waals surface area contributed by atoms with Gasteiger partial charge in [0.1, 0.15) is 5.58 Å². The van der Waals surface area contributed by atoms with Crippen LogP contribution in [0.1, 0.15) is 158 Å². The van der Waals surface area contributed by atoms with Crippen LogP contribution in [0.4, 0.5) is 0 Å². The molecule has 0 spiro atoms. The normalized spacial score (nSPS) is 19.0. The molecule has 0 saturated heterocycles. The van der Waals surface area contributed by atoms with Crippen molar-refractivity contribution in [3.63, 3.8) is 0 Å². The quantitative estimate of drug-likeness (QED) is 0.0956. The minimum atomic E-state index is -3.41. The topological polar surface area (TPSA) is 75.6 Å². The van der Waals surface area contributed by atoms with Gasteiger partial charge < -0.3 is 19.4 Å². The molecule has 6 heteroatoms. The zero-order valence-corrected chi connectivity index (χ0v) is 41.3. The molecule has 4 heterocycles. The monoisotopic (exact) mass is 1110 g/mol. The Morgan fingerprint density at radius 2 is 1.23 bits per heavy atom. The Morgan fingerprint density at radius 3 is 1.76 bits per heavy atom. The van der Waals surface area contributed by atoms with E-state index in [0.717, 1.165) is 36.8 Å². The molecule has 5 nitrogen and oxygen atoms in total. The number of benzene rings is 5. The van der Waals surface area contributed by atoms with E-state index in [1.54, 1.807) is 54.6 Å². The Kier molecular flexibility index (Phi) is 9.36. The zero-order chi connectivity index (χ0) is 64.3. The standard InChI is InChI=1S/C64H59N4O.Ir/c1-41(2)57-34-60(48-17-8-6-9-18-48)66-38-51(57)26-23-44-31-45(24-27-52-39-67-61(35-58(52)42(3)4)49-19-10-7-11-20-49)33-46(32-44)25-28-53-40-68-62(36-59(53)47-15-12-13-16-47)56-22-14-21-54-55-30-29-50(37-65)43(5)63(55)69-64(54)56;/h6-11,14,17,19,21,29-36,38-42,47H,12-13,15-16,23-28H2,1-5H3;/q-3;+3/i5D3,23D2,24D2,25D2,26D2,27D2,28D2,29D,41D,42D,47D;. The fraction of sp³-hybridized carbons (Fsp3) is 0.281. The molecule has 5 aromatic carbocycles. The Hall–Kier alpha value is -6.51. The van der Waals surface area contributed by atoms with Gasteiger partial charge >= 0.3 is 20.1 Å². The van der Waals surface area contributed by atoms with Crippen LogP contribution in [0.2, 0.25) is 0 Å². The third kappa shape index (κ3) is 10.3.